The molecule has 2 aromatic heterocycles. The van der Waals surface area contributed by atoms with Crippen molar-refractivity contribution in [2.45, 2.75) is 6.54 Å². The predicted molar refractivity (Wildman–Crippen MR) is 88.4 cm³/mol. The average Bonchev–Trinajstić information content (AvgIpc) is 2.98. The van der Waals surface area contributed by atoms with E-state index >= 15 is 0 Å². The summed E-state index contributed by atoms with van der Waals surface area (Å²) in [5, 5.41) is 11.0. The number of hydrogen-bond donors (Lipinski definition) is 1. The van der Waals surface area contributed by atoms with Crippen molar-refractivity contribution in [3.8, 4) is 5.75 Å². The minimum Gasteiger partial charge on any atom is -0.490 e. The van der Waals surface area contributed by atoms with Crippen LogP contribution in [0.15, 0.2) is 48.7 Å². The summed E-state index contributed by atoms with van der Waals surface area (Å²) < 4.78 is 6.80. The fraction of sp³-hybridized carbons (Fsp3) is 0.118. The number of ether oxygens (including phenoxy) is 1. The van der Waals surface area contributed by atoms with Crippen molar-refractivity contribution in [3.05, 3.63) is 75.6 Å². The Morgan fingerprint density at radius 1 is 1.29 bits per heavy atom. The lowest BCUT2D eigenvalue weighted by atomic mass is 10.0. The molecule has 7 heteroatoms. The highest BCUT2D eigenvalue weighted by Crippen LogP contribution is 2.29. The smallest absolute Gasteiger partial charge is 0.310 e. The van der Waals surface area contributed by atoms with Crippen LogP contribution in [0.1, 0.15) is 21.6 Å². The van der Waals surface area contributed by atoms with Gasteiger partial charge < -0.3 is 14.9 Å². The monoisotopic (exact) mass is 325 g/mol. The van der Waals surface area contributed by atoms with E-state index in [1.807, 2.05) is 24.3 Å². The molecular weight excluding hydrogens is 310 g/mol. The number of aromatic nitrogens is 1. The second kappa shape index (κ2) is 6.13. The van der Waals surface area contributed by atoms with Gasteiger partial charge in [-0.05, 0) is 35.9 Å². The number of fused-ring (bicyclic) bond motifs is 1. The van der Waals surface area contributed by atoms with E-state index in [1.54, 1.807) is 10.6 Å². The number of nitrogens with two attached hydrogens (primary N) is 1. The largest absolute Gasteiger partial charge is 0.490 e. The van der Waals surface area contributed by atoms with Gasteiger partial charge in [0.25, 0.3) is 0 Å². The highest BCUT2D eigenvalue weighted by Gasteiger charge is 2.22. The van der Waals surface area contributed by atoms with E-state index in [0.717, 1.165) is 5.52 Å². The highest BCUT2D eigenvalue weighted by atomic mass is 16.6. The van der Waals surface area contributed by atoms with E-state index in [2.05, 4.69) is 0 Å². The third-order valence-electron chi connectivity index (χ3n) is 3.83. The summed E-state index contributed by atoms with van der Waals surface area (Å²) in [6.07, 6.45) is 1.78. The summed E-state index contributed by atoms with van der Waals surface area (Å²) in [6, 6.07) is 11.5. The Hall–Kier alpha value is -3.19. The first-order chi connectivity index (χ1) is 11.6. The van der Waals surface area contributed by atoms with Gasteiger partial charge in [0.2, 0.25) is 5.78 Å². The van der Waals surface area contributed by atoms with Crippen LogP contribution in [0.3, 0.4) is 0 Å². The van der Waals surface area contributed by atoms with Gasteiger partial charge in [-0.1, -0.05) is 6.07 Å². The molecule has 0 saturated heterocycles. The Morgan fingerprint density at radius 2 is 2.08 bits per heavy atom. The maximum Gasteiger partial charge on any atom is 0.310 e. The van der Waals surface area contributed by atoms with Crippen molar-refractivity contribution in [1.82, 2.24) is 4.40 Å². The van der Waals surface area contributed by atoms with Crippen LogP contribution in [0.2, 0.25) is 0 Å². The number of pyridine rings is 1. The molecule has 122 valence electrons. The van der Waals surface area contributed by atoms with Crippen LogP contribution in [0.4, 0.5) is 5.69 Å². The van der Waals surface area contributed by atoms with Crippen LogP contribution in [0, 0.1) is 10.1 Å². The molecule has 0 bridgehead atoms. The summed E-state index contributed by atoms with van der Waals surface area (Å²) in [7, 11) is 1.33. The van der Waals surface area contributed by atoms with E-state index in [0.29, 0.717) is 16.8 Å². The van der Waals surface area contributed by atoms with Crippen LogP contribution in [-0.4, -0.2) is 22.2 Å². The molecule has 0 unspecified atom stereocenters. The first-order valence-corrected chi connectivity index (χ1v) is 7.23. The molecule has 0 atom stereocenters. The molecule has 2 N–H and O–H groups in total. The van der Waals surface area contributed by atoms with Crippen LogP contribution in [0.25, 0.3) is 5.52 Å². The molecule has 0 aliphatic heterocycles. The summed E-state index contributed by atoms with van der Waals surface area (Å²) >= 11 is 0. The normalized spacial score (nSPS) is 10.8. The van der Waals surface area contributed by atoms with E-state index in [-0.39, 0.29) is 23.8 Å². The molecule has 2 heterocycles. The summed E-state index contributed by atoms with van der Waals surface area (Å²) in [4.78, 5) is 23.4. The number of rotatable bonds is 5. The van der Waals surface area contributed by atoms with Gasteiger partial charge in [0, 0.05) is 29.9 Å². The zero-order valence-electron chi connectivity index (χ0n) is 12.9. The molecule has 0 aliphatic rings. The van der Waals surface area contributed by atoms with Gasteiger partial charge in [-0.2, -0.15) is 0 Å². The lowest BCUT2D eigenvalue weighted by Crippen LogP contribution is -2.10. The SMILES string of the molecule is COc1cc(C(=O)c2c(CN)cc3ccccn23)ccc1[N+](=O)[O-]. The number of carbonyl (C=O) groups is 1. The third-order valence-corrected chi connectivity index (χ3v) is 3.83. The van der Waals surface area contributed by atoms with Crippen molar-refractivity contribution >= 4 is 17.0 Å². The maximum atomic E-state index is 12.9. The van der Waals surface area contributed by atoms with Gasteiger partial charge in [0.05, 0.1) is 17.7 Å². The van der Waals surface area contributed by atoms with Crippen molar-refractivity contribution < 1.29 is 14.5 Å². The quantitative estimate of drug-likeness (QED) is 0.441. The minimum atomic E-state index is -0.551. The Kier molecular flexibility index (Phi) is 4.01. The molecule has 3 rings (SSSR count). The van der Waals surface area contributed by atoms with Gasteiger partial charge in [-0.25, -0.2) is 0 Å². The Balaban J connectivity index is 2.15. The van der Waals surface area contributed by atoms with Crippen molar-refractivity contribution in [2.24, 2.45) is 5.73 Å². The predicted octanol–water partition coefficient (Wildman–Crippen LogP) is 2.55. The van der Waals surface area contributed by atoms with Crippen LogP contribution >= 0.6 is 0 Å². The Morgan fingerprint density at radius 3 is 2.75 bits per heavy atom. The Labute approximate surface area is 137 Å². The minimum absolute atomic E-state index is 0.0426. The molecule has 1 aromatic carbocycles. The summed E-state index contributed by atoms with van der Waals surface area (Å²) in [5.74, 6) is -0.226. The molecule has 24 heavy (non-hydrogen) atoms. The lowest BCUT2D eigenvalue weighted by molar-refractivity contribution is -0.385. The molecule has 0 spiro atoms. The molecule has 0 radical (unpaired) electrons. The number of benzene rings is 1. The molecule has 0 saturated carbocycles. The zero-order chi connectivity index (χ0) is 17.3. The second-order valence-corrected chi connectivity index (χ2v) is 5.19. The molecule has 3 aromatic rings. The van der Waals surface area contributed by atoms with Gasteiger partial charge in [-0.3, -0.25) is 14.9 Å². The van der Waals surface area contributed by atoms with E-state index in [9.17, 15) is 14.9 Å². The fourth-order valence-electron chi connectivity index (χ4n) is 2.70. The molecule has 7 nitrogen and oxygen atoms in total. The molecule has 0 aliphatic carbocycles. The lowest BCUT2D eigenvalue weighted by Gasteiger charge is -2.07. The van der Waals surface area contributed by atoms with Gasteiger partial charge in [0.1, 0.15) is 0 Å². The second-order valence-electron chi connectivity index (χ2n) is 5.19. The fourth-order valence-corrected chi connectivity index (χ4v) is 2.70. The first-order valence-electron chi connectivity index (χ1n) is 7.23. The average molecular weight is 325 g/mol. The Bertz CT molecular complexity index is 946. The van der Waals surface area contributed by atoms with Gasteiger partial charge in [-0.15, -0.1) is 0 Å². The number of nitro groups is 1. The van der Waals surface area contributed by atoms with Gasteiger partial charge in [0.15, 0.2) is 5.75 Å². The van der Waals surface area contributed by atoms with Crippen molar-refractivity contribution in [3.63, 3.8) is 0 Å². The number of nitro benzene ring substituents is 1. The molecular formula is C17H15N3O4. The van der Waals surface area contributed by atoms with E-state index in [1.165, 1.54) is 25.3 Å². The number of methoxy groups -OCH3 is 1. The summed E-state index contributed by atoms with van der Waals surface area (Å²) in [5.41, 5.74) is 7.90. The van der Waals surface area contributed by atoms with Crippen LogP contribution < -0.4 is 10.5 Å². The topological polar surface area (TPSA) is 99.9 Å². The standard InChI is InChI=1S/C17H15N3O4/c1-24-15-9-11(5-6-14(15)20(22)23)17(21)16-12(10-18)8-13-4-2-3-7-19(13)16/h2-9H,10,18H2,1H3. The van der Waals surface area contributed by atoms with E-state index < -0.39 is 4.92 Å². The molecule has 0 fully saturated rings. The molecule has 0 amide bonds. The zero-order valence-corrected chi connectivity index (χ0v) is 12.9. The van der Waals surface area contributed by atoms with E-state index in [4.69, 9.17) is 10.5 Å². The van der Waals surface area contributed by atoms with Crippen LogP contribution in [0.5, 0.6) is 5.75 Å². The number of ketones is 1. The number of hydrogen-bond acceptors (Lipinski definition) is 5. The number of nitrogens with zero attached hydrogens (tertiary/aromatic N) is 2. The highest BCUT2D eigenvalue weighted by molar-refractivity contribution is 6.10. The van der Waals surface area contributed by atoms with Crippen LogP contribution in [-0.2, 0) is 6.54 Å². The van der Waals surface area contributed by atoms with Gasteiger partial charge >= 0.3 is 5.69 Å². The first kappa shape index (κ1) is 15.7. The maximum absolute atomic E-state index is 12.9. The van der Waals surface area contributed by atoms with Crippen molar-refractivity contribution in [1.29, 1.82) is 0 Å². The number of carbonyl (C=O) groups excluding carboxylic acids is 1. The van der Waals surface area contributed by atoms with Crippen molar-refractivity contribution in [2.75, 3.05) is 7.11 Å². The third kappa shape index (κ3) is 2.50. The summed E-state index contributed by atoms with van der Waals surface area (Å²) in [6.45, 7) is 0.215.